The van der Waals surface area contributed by atoms with Crippen molar-refractivity contribution in [3.05, 3.63) is 0 Å². The first-order valence-electron chi connectivity index (χ1n) is 3.33. The van der Waals surface area contributed by atoms with Crippen LogP contribution in [0.2, 0.25) is 0 Å². The molecule has 9 heavy (non-hydrogen) atoms. The van der Waals surface area contributed by atoms with Gasteiger partial charge in [-0.1, -0.05) is 0 Å². The third-order valence-corrected chi connectivity index (χ3v) is 1.67. The highest BCUT2D eigenvalue weighted by atomic mass is 16.2. The van der Waals surface area contributed by atoms with E-state index in [4.69, 9.17) is 0 Å². The minimum absolute atomic E-state index is 0.116. The molecule has 3 heteroatoms. The fraction of sp³-hybridized carbons (Fsp3) is 0.833. The van der Waals surface area contributed by atoms with Crippen LogP contribution in [-0.4, -0.2) is 18.0 Å². The lowest BCUT2D eigenvalue weighted by Crippen LogP contribution is -2.70. The first-order valence-corrected chi connectivity index (χ1v) is 3.33. The first-order chi connectivity index (χ1) is 4.19. The van der Waals surface area contributed by atoms with Gasteiger partial charge in [-0.05, 0) is 6.92 Å². The number of hydrogen-bond acceptors (Lipinski definition) is 1. The Bertz CT molecular complexity index is 129. The molecule has 1 saturated carbocycles. The van der Waals surface area contributed by atoms with E-state index in [1.807, 2.05) is 6.92 Å². The lowest BCUT2D eigenvalue weighted by molar-refractivity contribution is -0.420. The van der Waals surface area contributed by atoms with Gasteiger partial charge in [-0.3, -0.25) is 4.79 Å². The summed E-state index contributed by atoms with van der Waals surface area (Å²) in [5.41, 5.74) is 3.55. The van der Waals surface area contributed by atoms with Gasteiger partial charge in [0.25, 0.3) is 5.91 Å². The molecule has 4 N–H and O–H groups in total. The number of amides is 1. The third-order valence-electron chi connectivity index (χ3n) is 1.67. The number of nitrogens with one attached hydrogen (secondary N) is 1. The van der Waals surface area contributed by atoms with Gasteiger partial charge in [0.15, 0.2) is 5.54 Å². The monoisotopic (exact) mass is 129 g/mol. The second-order valence-electron chi connectivity index (χ2n) is 2.64. The van der Waals surface area contributed by atoms with Crippen molar-refractivity contribution in [1.82, 2.24) is 5.32 Å². The number of carbonyl (C=O) groups is 1. The second-order valence-corrected chi connectivity index (χ2v) is 2.64. The van der Waals surface area contributed by atoms with E-state index in [-0.39, 0.29) is 11.4 Å². The Morgan fingerprint density at radius 2 is 2.33 bits per heavy atom. The number of rotatable bonds is 2. The molecule has 0 bridgehead atoms. The van der Waals surface area contributed by atoms with Gasteiger partial charge in [-0.15, -0.1) is 0 Å². The highest BCUT2D eigenvalue weighted by Gasteiger charge is 2.50. The van der Waals surface area contributed by atoms with Crippen LogP contribution in [0.4, 0.5) is 0 Å². The molecular formula is C6H13N2O+. The van der Waals surface area contributed by atoms with Crippen molar-refractivity contribution in [2.45, 2.75) is 25.3 Å². The molecule has 3 nitrogen and oxygen atoms in total. The van der Waals surface area contributed by atoms with E-state index in [1.165, 1.54) is 0 Å². The molecule has 0 saturated heterocycles. The largest absolute Gasteiger partial charge is 0.351 e. The maximum atomic E-state index is 11.0. The van der Waals surface area contributed by atoms with Crippen molar-refractivity contribution in [2.75, 3.05) is 6.54 Å². The molecule has 52 valence electrons. The average Bonchev–Trinajstić information content (AvgIpc) is 2.50. The van der Waals surface area contributed by atoms with Gasteiger partial charge in [-0.25, -0.2) is 0 Å². The molecular weight excluding hydrogens is 116 g/mol. The molecule has 0 aliphatic heterocycles. The zero-order chi connectivity index (χ0) is 6.91. The van der Waals surface area contributed by atoms with E-state index in [0.29, 0.717) is 0 Å². The molecule has 0 atom stereocenters. The van der Waals surface area contributed by atoms with Gasteiger partial charge >= 0.3 is 0 Å². The average molecular weight is 129 g/mol. The summed E-state index contributed by atoms with van der Waals surface area (Å²) in [6.45, 7) is 2.64. The summed E-state index contributed by atoms with van der Waals surface area (Å²) in [5.74, 6) is 0.116. The molecule has 0 radical (unpaired) electrons. The molecule has 1 amide bonds. The summed E-state index contributed by atoms with van der Waals surface area (Å²) in [6, 6.07) is 0. The molecule has 0 heterocycles. The number of quaternary nitrogens is 1. The Labute approximate surface area is 54.6 Å². The molecule has 0 aromatic heterocycles. The molecule has 1 aliphatic carbocycles. The molecule has 1 fully saturated rings. The first kappa shape index (κ1) is 6.55. The van der Waals surface area contributed by atoms with Crippen LogP contribution in [0.25, 0.3) is 0 Å². The van der Waals surface area contributed by atoms with Crippen molar-refractivity contribution in [1.29, 1.82) is 0 Å². The molecule has 0 aromatic rings. The summed E-state index contributed by atoms with van der Waals surface area (Å²) < 4.78 is 0. The fourth-order valence-corrected chi connectivity index (χ4v) is 0.726. The highest BCUT2D eigenvalue weighted by Crippen LogP contribution is 2.29. The second kappa shape index (κ2) is 1.99. The van der Waals surface area contributed by atoms with E-state index in [0.717, 1.165) is 19.4 Å². The van der Waals surface area contributed by atoms with Gasteiger partial charge in [0.2, 0.25) is 0 Å². The molecule has 1 rings (SSSR count). The number of hydrogen-bond donors (Lipinski definition) is 2. The summed E-state index contributed by atoms with van der Waals surface area (Å²) in [4.78, 5) is 11.0. The van der Waals surface area contributed by atoms with Crippen LogP contribution in [0.15, 0.2) is 0 Å². The van der Waals surface area contributed by atoms with Crippen molar-refractivity contribution < 1.29 is 10.5 Å². The summed E-state index contributed by atoms with van der Waals surface area (Å²) in [7, 11) is 0. The summed E-state index contributed by atoms with van der Waals surface area (Å²) >= 11 is 0. The van der Waals surface area contributed by atoms with Crippen LogP contribution in [-0.2, 0) is 4.79 Å². The van der Waals surface area contributed by atoms with Crippen LogP contribution in [0.3, 0.4) is 0 Å². The normalized spacial score (nSPS) is 21.1. The lowest BCUT2D eigenvalue weighted by Gasteiger charge is -2.03. The van der Waals surface area contributed by atoms with E-state index < -0.39 is 0 Å². The van der Waals surface area contributed by atoms with Crippen molar-refractivity contribution in [3.63, 3.8) is 0 Å². The summed E-state index contributed by atoms with van der Waals surface area (Å²) in [5, 5.41) is 2.75. The number of carbonyl (C=O) groups excluding carboxylic acids is 1. The highest BCUT2D eigenvalue weighted by molar-refractivity contribution is 5.87. The zero-order valence-corrected chi connectivity index (χ0v) is 5.74. The summed E-state index contributed by atoms with van der Waals surface area (Å²) in [6.07, 6.45) is 1.91. The SMILES string of the molecule is CCNC(=O)C1([NH3+])CC1. The third kappa shape index (κ3) is 1.21. The van der Waals surface area contributed by atoms with E-state index in [1.54, 1.807) is 0 Å². The lowest BCUT2D eigenvalue weighted by atomic mass is 10.3. The van der Waals surface area contributed by atoms with Crippen molar-refractivity contribution in [3.8, 4) is 0 Å². The Morgan fingerprint density at radius 1 is 1.78 bits per heavy atom. The minimum Gasteiger partial charge on any atom is -0.351 e. The quantitative estimate of drug-likeness (QED) is 0.488. The number of likely N-dealkylation sites (N-methyl/N-ethyl adjacent to an activating group) is 1. The Hall–Kier alpha value is -0.570. The molecule has 0 aromatic carbocycles. The Kier molecular flexibility index (Phi) is 1.45. The maximum absolute atomic E-state index is 11.0. The van der Waals surface area contributed by atoms with Crippen LogP contribution in [0, 0.1) is 0 Å². The van der Waals surface area contributed by atoms with E-state index in [2.05, 4.69) is 11.1 Å². The van der Waals surface area contributed by atoms with E-state index in [9.17, 15) is 4.79 Å². The minimum atomic E-state index is -0.240. The zero-order valence-electron chi connectivity index (χ0n) is 5.74. The molecule has 1 aliphatic rings. The predicted molar refractivity (Wildman–Crippen MR) is 33.5 cm³/mol. The fourth-order valence-electron chi connectivity index (χ4n) is 0.726. The molecule has 0 spiro atoms. The van der Waals surface area contributed by atoms with Crippen LogP contribution >= 0.6 is 0 Å². The van der Waals surface area contributed by atoms with Gasteiger partial charge in [0.1, 0.15) is 0 Å². The topological polar surface area (TPSA) is 56.7 Å². The maximum Gasteiger partial charge on any atom is 0.281 e. The standard InChI is InChI=1S/C6H12N2O/c1-2-8-5(9)6(7)3-4-6/h2-4,7H2,1H3,(H,8,9)/p+1. The Balaban J connectivity index is 2.34. The van der Waals surface area contributed by atoms with Gasteiger partial charge < -0.3 is 11.1 Å². The van der Waals surface area contributed by atoms with Gasteiger partial charge in [0, 0.05) is 19.4 Å². The predicted octanol–water partition coefficient (Wildman–Crippen LogP) is -1.10. The van der Waals surface area contributed by atoms with Crippen molar-refractivity contribution in [2.24, 2.45) is 0 Å². The van der Waals surface area contributed by atoms with Gasteiger partial charge in [0.05, 0.1) is 0 Å². The Morgan fingerprint density at radius 3 is 2.67 bits per heavy atom. The van der Waals surface area contributed by atoms with Crippen LogP contribution in [0.5, 0.6) is 0 Å². The van der Waals surface area contributed by atoms with Gasteiger partial charge in [-0.2, -0.15) is 0 Å². The molecule has 0 unspecified atom stereocenters. The van der Waals surface area contributed by atoms with Crippen LogP contribution in [0.1, 0.15) is 19.8 Å². The van der Waals surface area contributed by atoms with Crippen LogP contribution < -0.4 is 11.1 Å². The van der Waals surface area contributed by atoms with Crippen molar-refractivity contribution >= 4 is 5.91 Å². The smallest absolute Gasteiger partial charge is 0.281 e. The van der Waals surface area contributed by atoms with E-state index >= 15 is 0 Å².